The summed E-state index contributed by atoms with van der Waals surface area (Å²) in [5.41, 5.74) is 0.969. The predicted octanol–water partition coefficient (Wildman–Crippen LogP) is 1.74. The van der Waals surface area contributed by atoms with Crippen LogP contribution in [0.5, 0.6) is 0 Å². The lowest BCUT2D eigenvalue weighted by molar-refractivity contribution is 0.171. The fourth-order valence-corrected chi connectivity index (χ4v) is 1.62. The Hall–Kier alpha value is -0.540. The van der Waals surface area contributed by atoms with E-state index < -0.39 is 0 Å². The first-order valence-corrected chi connectivity index (χ1v) is 5.79. The normalized spacial score (nSPS) is 12.8. The predicted molar refractivity (Wildman–Crippen MR) is 56.9 cm³/mol. The minimum absolute atomic E-state index is 0.248. The van der Waals surface area contributed by atoms with Gasteiger partial charge in [0.25, 0.3) is 0 Å². The first kappa shape index (κ1) is 10.5. The minimum atomic E-state index is -0.248. The minimum Gasteiger partial charge on any atom is -0.393 e. The van der Waals surface area contributed by atoms with Crippen LogP contribution < -0.4 is 0 Å². The van der Waals surface area contributed by atoms with E-state index in [0.717, 1.165) is 17.9 Å². The number of nitrogens with zero attached hydrogens (tertiary/aromatic N) is 1. The van der Waals surface area contributed by atoms with Crippen molar-refractivity contribution in [2.24, 2.45) is 0 Å². The largest absolute Gasteiger partial charge is 0.393 e. The van der Waals surface area contributed by atoms with Gasteiger partial charge < -0.3 is 5.11 Å². The summed E-state index contributed by atoms with van der Waals surface area (Å²) in [6, 6.07) is 5.78. The lowest BCUT2D eigenvalue weighted by atomic mass is 10.1. The maximum Gasteiger partial charge on any atom is 0.0603 e. The molecule has 1 heterocycles. The monoisotopic (exact) mass is 197 g/mol. The highest BCUT2D eigenvalue weighted by Gasteiger charge is 2.04. The summed E-state index contributed by atoms with van der Waals surface area (Å²) in [5, 5.41) is 9.58. The molecular weight excluding hydrogens is 182 g/mol. The number of hydrogen-bond acceptors (Lipinski definition) is 3. The SMILES string of the molecule is CSCCC(O)Cc1ccccn1. The molecule has 2 nitrogen and oxygen atoms in total. The van der Waals surface area contributed by atoms with Gasteiger partial charge in [-0.15, -0.1) is 0 Å². The molecule has 1 rings (SSSR count). The van der Waals surface area contributed by atoms with E-state index in [2.05, 4.69) is 4.98 Å². The van der Waals surface area contributed by atoms with Gasteiger partial charge in [0.05, 0.1) is 6.10 Å². The first-order valence-electron chi connectivity index (χ1n) is 4.40. The van der Waals surface area contributed by atoms with Crippen molar-refractivity contribution in [3.05, 3.63) is 30.1 Å². The van der Waals surface area contributed by atoms with Crippen LogP contribution in [0.4, 0.5) is 0 Å². The van der Waals surface area contributed by atoms with Crippen molar-refractivity contribution < 1.29 is 5.11 Å². The summed E-state index contributed by atoms with van der Waals surface area (Å²) in [6.45, 7) is 0. The van der Waals surface area contributed by atoms with Crippen LogP contribution >= 0.6 is 11.8 Å². The third-order valence-electron chi connectivity index (χ3n) is 1.83. The van der Waals surface area contributed by atoms with Gasteiger partial charge in [-0.25, -0.2) is 0 Å². The molecule has 3 heteroatoms. The Balaban J connectivity index is 2.32. The Labute approximate surface area is 83.4 Å². The summed E-state index contributed by atoms with van der Waals surface area (Å²) >= 11 is 1.76. The van der Waals surface area contributed by atoms with Crippen molar-refractivity contribution in [2.75, 3.05) is 12.0 Å². The lowest BCUT2D eigenvalue weighted by Gasteiger charge is -2.08. The fraction of sp³-hybridized carbons (Fsp3) is 0.500. The van der Waals surface area contributed by atoms with Crippen LogP contribution in [0, 0.1) is 0 Å². The Morgan fingerprint density at radius 3 is 3.00 bits per heavy atom. The molecule has 0 saturated heterocycles. The molecule has 1 unspecified atom stereocenters. The number of rotatable bonds is 5. The van der Waals surface area contributed by atoms with Crippen molar-refractivity contribution in [3.63, 3.8) is 0 Å². The molecule has 0 radical (unpaired) electrons. The zero-order valence-corrected chi connectivity index (χ0v) is 8.63. The van der Waals surface area contributed by atoms with Gasteiger partial charge in [0.15, 0.2) is 0 Å². The smallest absolute Gasteiger partial charge is 0.0603 e. The van der Waals surface area contributed by atoms with Crippen molar-refractivity contribution in [1.29, 1.82) is 0 Å². The quantitative estimate of drug-likeness (QED) is 0.780. The summed E-state index contributed by atoms with van der Waals surface area (Å²) in [7, 11) is 0. The van der Waals surface area contributed by atoms with Crippen molar-refractivity contribution >= 4 is 11.8 Å². The van der Waals surface area contributed by atoms with E-state index in [-0.39, 0.29) is 6.10 Å². The van der Waals surface area contributed by atoms with Gasteiger partial charge in [-0.3, -0.25) is 4.98 Å². The maximum absolute atomic E-state index is 9.58. The Kier molecular flexibility index (Phi) is 4.86. The molecular formula is C10H15NOS. The number of pyridine rings is 1. The van der Waals surface area contributed by atoms with Crippen LogP contribution in [0.1, 0.15) is 12.1 Å². The molecule has 1 N–H and O–H groups in total. The number of thioether (sulfide) groups is 1. The van der Waals surface area contributed by atoms with Gasteiger partial charge in [-0.2, -0.15) is 11.8 Å². The van der Waals surface area contributed by atoms with Crippen LogP contribution in [0.2, 0.25) is 0 Å². The average Bonchev–Trinajstić information content (AvgIpc) is 2.16. The van der Waals surface area contributed by atoms with Crippen LogP contribution in [-0.4, -0.2) is 28.2 Å². The zero-order chi connectivity index (χ0) is 9.52. The van der Waals surface area contributed by atoms with E-state index in [9.17, 15) is 5.11 Å². The summed E-state index contributed by atoms with van der Waals surface area (Å²) in [6.07, 6.45) is 5.07. The van der Waals surface area contributed by atoms with Crippen molar-refractivity contribution in [3.8, 4) is 0 Å². The number of aliphatic hydroxyl groups is 1. The number of aromatic nitrogens is 1. The van der Waals surface area contributed by atoms with Gasteiger partial charge in [0, 0.05) is 18.3 Å². The molecule has 1 aromatic heterocycles. The molecule has 0 aliphatic carbocycles. The molecule has 0 aliphatic rings. The average molecular weight is 197 g/mol. The summed E-state index contributed by atoms with van der Waals surface area (Å²) in [5.74, 6) is 1.01. The highest BCUT2D eigenvalue weighted by Crippen LogP contribution is 2.05. The van der Waals surface area contributed by atoms with Gasteiger partial charge in [0.2, 0.25) is 0 Å². The lowest BCUT2D eigenvalue weighted by Crippen LogP contribution is -2.12. The molecule has 13 heavy (non-hydrogen) atoms. The molecule has 0 bridgehead atoms. The van der Waals surface area contributed by atoms with Crippen LogP contribution in [0.15, 0.2) is 24.4 Å². The number of hydrogen-bond donors (Lipinski definition) is 1. The summed E-state index contributed by atoms with van der Waals surface area (Å²) in [4.78, 5) is 4.16. The Morgan fingerprint density at radius 2 is 2.38 bits per heavy atom. The van der Waals surface area contributed by atoms with E-state index in [1.54, 1.807) is 18.0 Å². The van der Waals surface area contributed by atoms with Crippen LogP contribution in [0.3, 0.4) is 0 Å². The molecule has 1 atom stereocenters. The van der Waals surface area contributed by atoms with E-state index >= 15 is 0 Å². The zero-order valence-electron chi connectivity index (χ0n) is 7.81. The molecule has 0 amide bonds. The van der Waals surface area contributed by atoms with Crippen molar-refractivity contribution in [1.82, 2.24) is 4.98 Å². The van der Waals surface area contributed by atoms with E-state index in [1.807, 2.05) is 24.5 Å². The third kappa shape index (κ3) is 4.29. The highest BCUT2D eigenvalue weighted by molar-refractivity contribution is 7.98. The Bertz CT molecular complexity index is 228. The molecule has 0 saturated carbocycles. The number of aliphatic hydroxyl groups excluding tert-OH is 1. The van der Waals surface area contributed by atoms with Gasteiger partial charge in [-0.1, -0.05) is 6.07 Å². The standard InChI is InChI=1S/C10H15NOS/c1-13-7-5-10(12)8-9-4-2-3-6-11-9/h2-4,6,10,12H,5,7-8H2,1H3. The maximum atomic E-state index is 9.58. The second-order valence-electron chi connectivity index (χ2n) is 2.96. The molecule has 0 fully saturated rings. The topological polar surface area (TPSA) is 33.1 Å². The molecule has 0 spiro atoms. The van der Waals surface area contributed by atoms with Crippen molar-refractivity contribution in [2.45, 2.75) is 18.9 Å². The third-order valence-corrected chi connectivity index (χ3v) is 2.47. The highest BCUT2D eigenvalue weighted by atomic mass is 32.2. The molecule has 0 aliphatic heterocycles. The van der Waals surface area contributed by atoms with E-state index in [0.29, 0.717) is 6.42 Å². The van der Waals surface area contributed by atoms with Crippen LogP contribution in [0.25, 0.3) is 0 Å². The van der Waals surface area contributed by atoms with E-state index in [1.165, 1.54) is 0 Å². The molecule has 72 valence electrons. The first-order chi connectivity index (χ1) is 6.33. The Morgan fingerprint density at radius 1 is 1.54 bits per heavy atom. The van der Waals surface area contributed by atoms with Gasteiger partial charge >= 0.3 is 0 Å². The summed E-state index contributed by atoms with van der Waals surface area (Å²) < 4.78 is 0. The molecule has 1 aromatic rings. The van der Waals surface area contributed by atoms with E-state index in [4.69, 9.17) is 0 Å². The van der Waals surface area contributed by atoms with Gasteiger partial charge in [-0.05, 0) is 30.6 Å². The van der Waals surface area contributed by atoms with Crippen LogP contribution in [-0.2, 0) is 6.42 Å². The fourth-order valence-electron chi connectivity index (χ4n) is 1.12. The molecule has 0 aromatic carbocycles. The van der Waals surface area contributed by atoms with Gasteiger partial charge in [0.1, 0.15) is 0 Å². The second kappa shape index (κ2) is 6.00. The second-order valence-corrected chi connectivity index (χ2v) is 3.95.